The van der Waals surface area contributed by atoms with Gasteiger partial charge in [-0.05, 0) is 122 Å². The lowest BCUT2D eigenvalue weighted by Crippen LogP contribution is -2.43. The van der Waals surface area contributed by atoms with Gasteiger partial charge < -0.3 is 18.9 Å². The summed E-state index contributed by atoms with van der Waals surface area (Å²) in [5.41, 5.74) is 4.06. The highest BCUT2D eigenvalue weighted by atomic mass is 31.1. The van der Waals surface area contributed by atoms with Crippen LogP contribution in [0.3, 0.4) is 0 Å². The van der Waals surface area contributed by atoms with Gasteiger partial charge in [0.25, 0.3) is 0 Å². The molecule has 2 saturated heterocycles. The number of hydrogen-bond acceptors (Lipinski definition) is 8. The Balaban J connectivity index is 1.11. The van der Waals surface area contributed by atoms with E-state index in [1.807, 2.05) is 52.0 Å². The SMILES string of the molecule is COc1ccc(C2CCC(CN(C(=O)C3CCP(OC(=O)N4CCC(OC(C)C)CC4)CC3)c3cc(-c4cnn(C(C)C)c4)ccn3)CC2)nc1C. The fourth-order valence-electron chi connectivity index (χ4n) is 7.86. The van der Waals surface area contributed by atoms with Crippen molar-refractivity contribution in [1.29, 1.82) is 0 Å². The minimum Gasteiger partial charge on any atom is -0.495 e. The van der Waals surface area contributed by atoms with Gasteiger partial charge in [0.05, 0.1) is 39.4 Å². The second-order valence-corrected chi connectivity index (χ2v) is 17.4. The Bertz CT molecular complexity index is 1640. The predicted molar refractivity (Wildman–Crippen MR) is 205 cm³/mol. The second-order valence-electron chi connectivity index (χ2n) is 15.3. The molecule has 1 aliphatic carbocycles. The Kier molecular flexibility index (Phi) is 12.9. The number of pyridine rings is 2. The molecule has 5 heterocycles. The number of hydrogen-bond donors (Lipinski definition) is 0. The highest BCUT2D eigenvalue weighted by molar-refractivity contribution is 7.53. The van der Waals surface area contributed by atoms with Gasteiger partial charge in [-0.2, -0.15) is 5.10 Å². The molecular weight excluding hydrogens is 675 g/mol. The Hall–Kier alpha value is -3.56. The maximum absolute atomic E-state index is 14.5. The summed E-state index contributed by atoms with van der Waals surface area (Å²) >= 11 is 0. The van der Waals surface area contributed by atoms with E-state index in [-0.39, 0.29) is 36.2 Å². The van der Waals surface area contributed by atoms with Gasteiger partial charge in [-0.15, -0.1) is 0 Å². The maximum atomic E-state index is 14.5. The van der Waals surface area contributed by atoms with Gasteiger partial charge in [0.1, 0.15) is 11.6 Å². The second kappa shape index (κ2) is 17.5. The molecule has 0 aromatic carbocycles. The molecule has 0 radical (unpaired) electrons. The molecule has 52 heavy (non-hydrogen) atoms. The molecule has 3 fully saturated rings. The number of likely N-dealkylation sites (tertiary alicyclic amines) is 1. The third kappa shape index (κ3) is 9.51. The molecule has 11 nitrogen and oxygen atoms in total. The first-order chi connectivity index (χ1) is 25.1. The van der Waals surface area contributed by atoms with E-state index in [1.54, 1.807) is 7.11 Å². The van der Waals surface area contributed by atoms with Gasteiger partial charge in [0, 0.05) is 73.5 Å². The number of nitrogens with zero attached hydrogens (tertiary/aromatic N) is 6. The minimum absolute atomic E-state index is 0.127. The number of aryl methyl sites for hydroxylation is 1. The van der Waals surface area contributed by atoms with E-state index in [2.05, 4.69) is 45.1 Å². The number of carbonyl (C=O) groups is 2. The van der Waals surface area contributed by atoms with E-state index in [9.17, 15) is 9.59 Å². The number of ether oxygens (including phenoxy) is 2. The number of carbonyl (C=O) groups excluding carboxylic acids is 2. The summed E-state index contributed by atoms with van der Waals surface area (Å²) in [6.07, 6.45) is 14.7. The number of rotatable bonds is 11. The van der Waals surface area contributed by atoms with Crippen LogP contribution in [0.5, 0.6) is 5.75 Å². The first-order valence-corrected chi connectivity index (χ1v) is 20.9. The van der Waals surface area contributed by atoms with E-state index in [1.165, 1.54) is 0 Å². The van der Waals surface area contributed by atoms with Gasteiger partial charge in [0.15, 0.2) is 0 Å². The summed E-state index contributed by atoms with van der Waals surface area (Å²) in [5, 5.41) is 4.55. The molecule has 0 atom stereocenters. The van der Waals surface area contributed by atoms with Crippen LogP contribution in [0.4, 0.5) is 10.6 Å². The van der Waals surface area contributed by atoms with Crippen molar-refractivity contribution in [2.24, 2.45) is 11.8 Å². The van der Waals surface area contributed by atoms with Crippen molar-refractivity contribution in [2.75, 3.05) is 44.0 Å². The molecule has 1 saturated carbocycles. The first kappa shape index (κ1) is 38.2. The third-order valence-electron chi connectivity index (χ3n) is 10.9. The van der Waals surface area contributed by atoms with Crippen molar-refractivity contribution in [3.05, 3.63) is 54.2 Å². The largest absolute Gasteiger partial charge is 0.495 e. The van der Waals surface area contributed by atoms with Crippen molar-refractivity contribution >= 4 is 26.0 Å². The Labute approximate surface area is 310 Å². The van der Waals surface area contributed by atoms with Crippen LogP contribution in [0.1, 0.15) is 102 Å². The van der Waals surface area contributed by atoms with Crippen molar-refractivity contribution in [3.63, 3.8) is 0 Å². The Morgan fingerprint density at radius 1 is 0.962 bits per heavy atom. The lowest BCUT2D eigenvalue weighted by molar-refractivity contribution is -0.122. The van der Waals surface area contributed by atoms with Crippen LogP contribution in [-0.4, -0.2) is 87.9 Å². The standard InChI is InChI=1S/C40H57N6O5P/c1-27(2)46-26-34(24-42-46)33-13-18-41-38(23-33)45(25-30-7-9-31(10-8-30)36-11-12-37(49-6)29(5)43-36)39(47)32-16-21-52(22-17-32)51-40(48)44-19-14-35(15-20-44)50-28(3)4/h11-13,18,23-24,26-28,30-32,35H,7-10,14-17,19-22,25H2,1-6H3. The normalized spacial score (nSPS) is 22.8. The summed E-state index contributed by atoms with van der Waals surface area (Å²) in [6, 6.07) is 8.42. The Morgan fingerprint density at radius 2 is 1.69 bits per heavy atom. The Morgan fingerprint density at radius 3 is 2.33 bits per heavy atom. The van der Waals surface area contributed by atoms with Crippen molar-refractivity contribution in [1.82, 2.24) is 24.6 Å². The summed E-state index contributed by atoms with van der Waals surface area (Å²) in [5.74, 6) is 2.29. The molecule has 282 valence electrons. The summed E-state index contributed by atoms with van der Waals surface area (Å²) in [6.45, 7) is 12.3. The predicted octanol–water partition coefficient (Wildman–Crippen LogP) is 8.38. The molecule has 3 aromatic heterocycles. The molecule has 0 spiro atoms. The number of amides is 2. The van der Waals surface area contributed by atoms with Gasteiger partial charge >= 0.3 is 6.09 Å². The van der Waals surface area contributed by atoms with E-state index in [0.717, 1.165) is 79.1 Å². The van der Waals surface area contributed by atoms with Crippen LogP contribution in [0, 0.1) is 18.8 Å². The molecule has 3 aliphatic rings. The van der Waals surface area contributed by atoms with Crippen molar-refractivity contribution in [2.45, 2.75) is 110 Å². The van der Waals surface area contributed by atoms with E-state index in [0.29, 0.717) is 50.1 Å². The zero-order chi connectivity index (χ0) is 36.8. The zero-order valence-corrected chi connectivity index (χ0v) is 32.8. The quantitative estimate of drug-likeness (QED) is 0.181. The average molecular weight is 733 g/mol. The number of methoxy groups -OCH3 is 1. The topological polar surface area (TPSA) is 112 Å². The number of anilines is 1. The van der Waals surface area contributed by atoms with Crippen LogP contribution >= 0.6 is 8.15 Å². The fourth-order valence-corrected chi connectivity index (χ4v) is 9.81. The highest BCUT2D eigenvalue weighted by Gasteiger charge is 2.35. The van der Waals surface area contributed by atoms with Crippen LogP contribution < -0.4 is 9.64 Å². The summed E-state index contributed by atoms with van der Waals surface area (Å²) < 4.78 is 19.4. The lowest BCUT2D eigenvalue weighted by Gasteiger charge is -2.36. The van der Waals surface area contributed by atoms with Gasteiger partial charge in [-0.3, -0.25) is 19.4 Å². The van der Waals surface area contributed by atoms with Crippen LogP contribution in [0.25, 0.3) is 11.1 Å². The summed E-state index contributed by atoms with van der Waals surface area (Å²) in [7, 11) is 0.776. The maximum Gasteiger partial charge on any atom is 0.412 e. The molecule has 0 bridgehead atoms. The monoisotopic (exact) mass is 732 g/mol. The smallest absolute Gasteiger partial charge is 0.412 e. The van der Waals surface area contributed by atoms with E-state index >= 15 is 0 Å². The molecule has 0 N–H and O–H groups in total. The van der Waals surface area contributed by atoms with Crippen molar-refractivity contribution < 1.29 is 23.6 Å². The molecular formula is C40H57N6O5P. The van der Waals surface area contributed by atoms with Gasteiger partial charge in [-0.25, -0.2) is 9.78 Å². The molecule has 2 aliphatic heterocycles. The molecule has 3 aromatic rings. The van der Waals surface area contributed by atoms with Gasteiger partial charge in [-0.1, -0.05) is 0 Å². The highest BCUT2D eigenvalue weighted by Crippen LogP contribution is 2.46. The first-order valence-electron chi connectivity index (χ1n) is 19.3. The molecule has 0 unspecified atom stereocenters. The van der Waals surface area contributed by atoms with E-state index in [4.69, 9.17) is 24.0 Å². The summed E-state index contributed by atoms with van der Waals surface area (Å²) in [4.78, 5) is 41.0. The number of aromatic nitrogens is 4. The van der Waals surface area contributed by atoms with Crippen LogP contribution in [-0.2, 0) is 14.1 Å². The zero-order valence-electron chi connectivity index (χ0n) is 31.9. The molecule has 12 heteroatoms. The van der Waals surface area contributed by atoms with Crippen LogP contribution in [0.2, 0.25) is 0 Å². The van der Waals surface area contributed by atoms with Gasteiger partial charge in [0.2, 0.25) is 5.91 Å². The van der Waals surface area contributed by atoms with Crippen LogP contribution in [0.15, 0.2) is 42.9 Å². The average Bonchev–Trinajstić information content (AvgIpc) is 3.66. The third-order valence-corrected chi connectivity index (χ3v) is 12.8. The minimum atomic E-state index is -0.906. The fraction of sp³-hybridized carbons (Fsp3) is 0.625. The number of piperidine rings is 1. The lowest BCUT2D eigenvalue weighted by atomic mass is 9.80. The molecule has 6 rings (SSSR count). The van der Waals surface area contributed by atoms with E-state index < -0.39 is 8.15 Å². The van der Waals surface area contributed by atoms with Crippen molar-refractivity contribution in [3.8, 4) is 16.9 Å². The molecule has 2 amide bonds.